The van der Waals surface area contributed by atoms with Gasteiger partial charge >= 0.3 is 0 Å². The van der Waals surface area contributed by atoms with E-state index in [0.29, 0.717) is 0 Å². The molecular weight excluding hydrogens is 388 g/mol. The first kappa shape index (κ1) is 20.1. The molecule has 32 heavy (non-hydrogen) atoms. The van der Waals surface area contributed by atoms with Gasteiger partial charge in [0.15, 0.2) is 0 Å². The van der Waals surface area contributed by atoms with Crippen LogP contribution in [0.15, 0.2) is 36.4 Å². The second-order valence-corrected chi connectivity index (χ2v) is 10.1. The van der Waals surface area contributed by atoms with E-state index < -0.39 is 0 Å². The van der Waals surface area contributed by atoms with Crippen molar-refractivity contribution in [1.82, 2.24) is 0 Å². The second-order valence-electron chi connectivity index (χ2n) is 10.1. The van der Waals surface area contributed by atoms with Crippen molar-refractivity contribution in [1.29, 1.82) is 0 Å². The maximum Gasteiger partial charge on any atom is 0.0431 e. The molecule has 6 rings (SSSR count). The topological polar surface area (TPSA) is 6.48 Å². The first-order chi connectivity index (χ1) is 15.8. The maximum atomic E-state index is 2.63. The molecule has 0 fully saturated rings. The van der Waals surface area contributed by atoms with E-state index in [1.165, 1.54) is 88.7 Å². The van der Waals surface area contributed by atoms with Crippen LogP contribution in [0.25, 0.3) is 12.2 Å². The summed E-state index contributed by atoms with van der Waals surface area (Å²) >= 11 is 0. The van der Waals surface area contributed by atoms with E-state index in [1.54, 1.807) is 33.6 Å². The minimum absolute atomic E-state index is 1.11. The average molecular weight is 425 g/mol. The Morgan fingerprint density at radius 2 is 0.875 bits per heavy atom. The molecule has 4 aliphatic heterocycles. The van der Waals surface area contributed by atoms with Crippen molar-refractivity contribution < 1.29 is 0 Å². The fourth-order valence-corrected chi connectivity index (χ4v) is 6.48. The summed E-state index contributed by atoms with van der Waals surface area (Å²) in [5.41, 5.74) is 12.3. The zero-order valence-corrected chi connectivity index (χ0v) is 19.4. The number of aryl methyl sites for hydroxylation is 4. The third kappa shape index (κ3) is 3.89. The minimum Gasteiger partial charge on any atom is -0.371 e. The third-order valence-electron chi connectivity index (χ3n) is 7.83. The van der Waals surface area contributed by atoms with Crippen LogP contribution in [0.5, 0.6) is 0 Å². The Morgan fingerprint density at radius 1 is 0.531 bits per heavy atom. The number of benzene rings is 2. The van der Waals surface area contributed by atoms with Crippen LogP contribution in [0.1, 0.15) is 71.9 Å². The fraction of sp³-hybridized carbons (Fsp3) is 0.467. The lowest BCUT2D eigenvalue weighted by Crippen LogP contribution is -2.34. The van der Waals surface area contributed by atoms with Crippen LogP contribution in [0.4, 0.5) is 11.4 Å². The molecule has 0 amide bonds. The maximum absolute atomic E-state index is 2.63. The molecule has 2 nitrogen and oxygen atoms in total. The number of rotatable bonds is 5. The van der Waals surface area contributed by atoms with Gasteiger partial charge in [0, 0.05) is 37.6 Å². The van der Waals surface area contributed by atoms with E-state index in [9.17, 15) is 0 Å². The van der Waals surface area contributed by atoms with E-state index >= 15 is 0 Å². The van der Waals surface area contributed by atoms with Gasteiger partial charge in [0.05, 0.1) is 0 Å². The van der Waals surface area contributed by atoms with Gasteiger partial charge in [0.2, 0.25) is 0 Å². The molecule has 0 radical (unpaired) electrons. The summed E-state index contributed by atoms with van der Waals surface area (Å²) in [5, 5.41) is 0. The van der Waals surface area contributed by atoms with Crippen LogP contribution in [0.2, 0.25) is 0 Å². The lowest BCUT2D eigenvalue weighted by molar-refractivity contribution is 0.634. The fourth-order valence-electron chi connectivity index (χ4n) is 6.48. The molecule has 4 aliphatic rings. The van der Waals surface area contributed by atoms with Crippen LogP contribution < -0.4 is 9.80 Å². The van der Waals surface area contributed by atoms with Crippen molar-refractivity contribution in [2.24, 2.45) is 0 Å². The normalized spacial score (nSPS) is 19.5. The van der Waals surface area contributed by atoms with Crippen LogP contribution in [-0.4, -0.2) is 26.2 Å². The van der Waals surface area contributed by atoms with E-state index in [4.69, 9.17) is 0 Å². The molecule has 0 unspecified atom stereocenters. The SMILES string of the molecule is C(=C\c1cc2c3c(c1)CCCN3CCC2)/CC/C=C/c1cc2c3c(c1)CCCN3CCC2. The van der Waals surface area contributed by atoms with Crippen LogP contribution >= 0.6 is 0 Å². The molecule has 0 aliphatic carbocycles. The molecule has 166 valence electrons. The summed E-state index contributed by atoms with van der Waals surface area (Å²) in [6.07, 6.45) is 21.9. The number of allylic oxidation sites excluding steroid dienone is 2. The molecule has 0 N–H and O–H groups in total. The van der Waals surface area contributed by atoms with Gasteiger partial charge in [0.25, 0.3) is 0 Å². The highest BCUT2D eigenvalue weighted by Crippen LogP contribution is 2.37. The van der Waals surface area contributed by atoms with Crippen molar-refractivity contribution in [2.45, 2.75) is 64.2 Å². The van der Waals surface area contributed by atoms with Gasteiger partial charge in [-0.1, -0.05) is 24.3 Å². The van der Waals surface area contributed by atoms with Crippen LogP contribution in [0.3, 0.4) is 0 Å². The summed E-state index contributed by atoms with van der Waals surface area (Å²) in [6.45, 7) is 5.02. The van der Waals surface area contributed by atoms with E-state index in [2.05, 4.69) is 58.4 Å². The Labute approximate surface area is 193 Å². The van der Waals surface area contributed by atoms with Gasteiger partial charge in [-0.05, 0) is 122 Å². The molecule has 0 saturated heterocycles. The van der Waals surface area contributed by atoms with Gasteiger partial charge in [-0.3, -0.25) is 0 Å². The number of hydrogen-bond acceptors (Lipinski definition) is 2. The number of anilines is 2. The summed E-state index contributed by atoms with van der Waals surface area (Å²) < 4.78 is 0. The highest BCUT2D eigenvalue weighted by atomic mass is 15.1. The van der Waals surface area contributed by atoms with Crippen molar-refractivity contribution in [3.8, 4) is 0 Å². The summed E-state index contributed by atoms with van der Waals surface area (Å²) in [4.78, 5) is 5.25. The van der Waals surface area contributed by atoms with Gasteiger partial charge in [-0.2, -0.15) is 0 Å². The van der Waals surface area contributed by atoms with Gasteiger partial charge < -0.3 is 9.80 Å². The molecule has 0 bridgehead atoms. The predicted molar refractivity (Wildman–Crippen MR) is 138 cm³/mol. The summed E-state index contributed by atoms with van der Waals surface area (Å²) in [5.74, 6) is 0. The van der Waals surface area contributed by atoms with Gasteiger partial charge in [-0.15, -0.1) is 0 Å². The van der Waals surface area contributed by atoms with Crippen molar-refractivity contribution >= 4 is 23.5 Å². The highest BCUT2D eigenvalue weighted by Gasteiger charge is 2.24. The standard InChI is InChI=1S/C30H36N2/c1(3-9-23-19-25-11-5-15-31-16-6-12-26(20-23)29(25)31)2-4-10-24-21-27-13-7-17-32-18-8-14-28(22-24)30(27)32/h3-4,9-10,19-22H,1-2,5-8,11-18H2/b9-3+,10-4+. The Balaban J connectivity index is 1.10. The molecule has 0 aromatic heterocycles. The smallest absolute Gasteiger partial charge is 0.0431 e. The van der Waals surface area contributed by atoms with Gasteiger partial charge in [-0.25, -0.2) is 0 Å². The molecular formula is C30H36N2. The first-order valence-electron chi connectivity index (χ1n) is 13.0. The zero-order valence-electron chi connectivity index (χ0n) is 19.4. The lowest BCUT2D eigenvalue weighted by atomic mass is 9.90. The van der Waals surface area contributed by atoms with Crippen LogP contribution in [0, 0.1) is 0 Å². The number of unbranched alkanes of at least 4 members (excludes halogenated alkanes) is 1. The highest BCUT2D eigenvalue weighted by molar-refractivity contribution is 5.69. The summed E-state index contributed by atoms with van der Waals surface area (Å²) in [6, 6.07) is 9.80. The molecule has 4 heterocycles. The van der Waals surface area contributed by atoms with Crippen molar-refractivity contribution in [3.05, 3.63) is 69.8 Å². The Hall–Kier alpha value is -2.48. The molecule has 2 aromatic carbocycles. The summed E-state index contributed by atoms with van der Waals surface area (Å²) in [7, 11) is 0. The monoisotopic (exact) mass is 424 g/mol. The Morgan fingerprint density at radius 3 is 1.22 bits per heavy atom. The quantitative estimate of drug-likeness (QED) is 0.500. The number of hydrogen-bond donors (Lipinski definition) is 0. The van der Waals surface area contributed by atoms with Gasteiger partial charge in [0.1, 0.15) is 0 Å². The molecule has 0 spiro atoms. The Bertz CT molecular complexity index is 913. The second kappa shape index (κ2) is 8.81. The predicted octanol–water partition coefficient (Wildman–Crippen LogP) is 6.59. The molecule has 0 atom stereocenters. The minimum atomic E-state index is 1.11. The van der Waals surface area contributed by atoms with Crippen molar-refractivity contribution in [3.63, 3.8) is 0 Å². The van der Waals surface area contributed by atoms with Crippen molar-refractivity contribution in [2.75, 3.05) is 36.0 Å². The average Bonchev–Trinajstić information content (AvgIpc) is 2.82. The van der Waals surface area contributed by atoms with E-state index in [-0.39, 0.29) is 0 Å². The largest absolute Gasteiger partial charge is 0.371 e. The Kier molecular flexibility index (Phi) is 5.55. The van der Waals surface area contributed by atoms with E-state index in [1.807, 2.05) is 0 Å². The lowest BCUT2D eigenvalue weighted by Gasteiger charge is -2.37. The zero-order chi connectivity index (χ0) is 21.3. The van der Waals surface area contributed by atoms with Crippen LogP contribution in [-0.2, 0) is 25.7 Å². The molecule has 2 aromatic rings. The van der Waals surface area contributed by atoms with E-state index in [0.717, 1.165) is 12.8 Å². The molecule has 2 heteroatoms. The third-order valence-corrected chi connectivity index (χ3v) is 7.83. The molecule has 0 saturated carbocycles. The number of nitrogens with zero attached hydrogens (tertiary/aromatic N) is 2. The first-order valence-corrected chi connectivity index (χ1v) is 13.0.